The third-order valence-corrected chi connectivity index (χ3v) is 3.65. The molecule has 0 radical (unpaired) electrons. The Labute approximate surface area is 145 Å². The summed E-state index contributed by atoms with van der Waals surface area (Å²) < 4.78 is 0. The fourth-order valence-corrected chi connectivity index (χ4v) is 2.25. The summed E-state index contributed by atoms with van der Waals surface area (Å²) in [4.78, 5) is 9.22. The number of dihydropyridines is 1. The highest BCUT2D eigenvalue weighted by atomic mass is 15.0. The van der Waals surface area contributed by atoms with Crippen molar-refractivity contribution >= 4 is 11.4 Å². The first-order valence-electron chi connectivity index (χ1n) is 8.68. The van der Waals surface area contributed by atoms with Gasteiger partial charge in [0.1, 0.15) is 0 Å². The summed E-state index contributed by atoms with van der Waals surface area (Å²) in [5, 5.41) is 9.97. The normalized spacial score (nSPS) is 18.5. The lowest BCUT2D eigenvalue weighted by atomic mass is 10.1. The molecule has 0 aromatic rings. The summed E-state index contributed by atoms with van der Waals surface area (Å²) in [6.07, 6.45) is 6.23. The van der Waals surface area contributed by atoms with E-state index in [-0.39, 0.29) is 6.04 Å². The fourth-order valence-electron chi connectivity index (χ4n) is 2.25. The largest absolute Gasteiger partial charge is 0.372 e. The van der Waals surface area contributed by atoms with Crippen LogP contribution < -0.4 is 27.4 Å². The van der Waals surface area contributed by atoms with Crippen molar-refractivity contribution in [2.24, 2.45) is 21.5 Å². The Morgan fingerprint density at radius 1 is 1.04 bits per heavy atom. The van der Waals surface area contributed by atoms with Crippen LogP contribution in [0, 0.1) is 0 Å². The summed E-state index contributed by atoms with van der Waals surface area (Å²) in [5.41, 5.74) is 14.0. The van der Waals surface area contributed by atoms with E-state index in [1.165, 1.54) is 0 Å². The average molecular weight is 336 g/mol. The zero-order chi connectivity index (χ0) is 17.6. The van der Waals surface area contributed by atoms with Gasteiger partial charge in [0, 0.05) is 45.0 Å². The van der Waals surface area contributed by atoms with E-state index in [1.54, 1.807) is 0 Å². The predicted octanol–water partition coefficient (Wildman–Crippen LogP) is -0.583. The summed E-state index contributed by atoms with van der Waals surface area (Å²) in [5.74, 6) is 0. The molecule has 0 saturated heterocycles. The molecule has 0 aromatic carbocycles. The Hall–Kier alpha value is -1.54. The lowest BCUT2D eigenvalue weighted by Gasteiger charge is -2.22. The van der Waals surface area contributed by atoms with Crippen LogP contribution in [-0.2, 0) is 0 Å². The Balaban J connectivity index is 2.42. The second-order valence-electron chi connectivity index (χ2n) is 5.65. The maximum absolute atomic E-state index is 5.45. The van der Waals surface area contributed by atoms with Crippen LogP contribution in [0.4, 0.5) is 0 Å². The van der Waals surface area contributed by atoms with Crippen LogP contribution in [-0.4, -0.2) is 69.8 Å². The van der Waals surface area contributed by atoms with Gasteiger partial charge < -0.3 is 27.4 Å². The third-order valence-electron chi connectivity index (χ3n) is 3.65. The molecular formula is C17H33N7. The fraction of sp³-hybridized carbons (Fsp3) is 0.647. The van der Waals surface area contributed by atoms with E-state index in [4.69, 9.17) is 11.5 Å². The zero-order valence-electron chi connectivity index (χ0n) is 15.0. The van der Waals surface area contributed by atoms with E-state index in [9.17, 15) is 0 Å². The average Bonchev–Trinajstić information content (AvgIpc) is 2.61. The van der Waals surface area contributed by atoms with Crippen LogP contribution in [0.15, 0.2) is 33.9 Å². The van der Waals surface area contributed by atoms with Gasteiger partial charge in [-0.15, -0.1) is 0 Å². The van der Waals surface area contributed by atoms with Gasteiger partial charge in [-0.05, 0) is 19.9 Å². The molecule has 0 saturated carbocycles. The zero-order valence-corrected chi connectivity index (χ0v) is 15.0. The number of allylic oxidation sites excluding steroid dienone is 3. The van der Waals surface area contributed by atoms with Crippen LogP contribution in [0.3, 0.4) is 0 Å². The molecule has 7 N–H and O–H groups in total. The van der Waals surface area contributed by atoms with Crippen LogP contribution in [0.5, 0.6) is 0 Å². The van der Waals surface area contributed by atoms with Crippen LogP contribution in [0.25, 0.3) is 0 Å². The minimum absolute atomic E-state index is 0.125. The van der Waals surface area contributed by atoms with E-state index in [0.717, 1.165) is 56.4 Å². The Morgan fingerprint density at radius 3 is 2.29 bits per heavy atom. The van der Waals surface area contributed by atoms with Gasteiger partial charge in [-0.2, -0.15) is 0 Å². The van der Waals surface area contributed by atoms with Gasteiger partial charge in [-0.3, -0.25) is 9.98 Å². The highest BCUT2D eigenvalue weighted by molar-refractivity contribution is 6.00. The van der Waals surface area contributed by atoms with Crippen molar-refractivity contribution in [1.82, 2.24) is 16.0 Å². The van der Waals surface area contributed by atoms with Gasteiger partial charge in [-0.25, -0.2) is 0 Å². The highest BCUT2D eigenvalue weighted by Crippen LogP contribution is 2.06. The van der Waals surface area contributed by atoms with Crippen LogP contribution in [0.2, 0.25) is 0 Å². The standard InChI is InChI=1S/C17H33N7/c1-14(22-12-10-20-8-6-18)16-4-3-5-17(24-16)15(2)23-13-11-21-9-7-19/h3-5,16,20-21,24H,6-13,18-19H2,1-2H3. The lowest BCUT2D eigenvalue weighted by Crippen LogP contribution is -2.37. The molecular weight excluding hydrogens is 302 g/mol. The SMILES string of the molecule is CC(=NCCNCCN)C1=CC=CC(C(C)=NCCNCCN)N1. The van der Waals surface area contributed by atoms with Gasteiger partial charge in [0.15, 0.2) is 0 Å². The van der Waals surface area contributed by atoms with Gasteiger partial charge >= 0.3 is 0 Å². The second kappa shape index (κ2) is 12.8. The molecule has 136 valence electrons. The van der Waals surface area contributed by atoms with E-state index in [2.05, 4.69) is 51.1 Å². The Kier molecular flexibility index (Phi) is 11.0. The number of hydrogen-bond acceptors (Lipinski definition) is 7. The molecule has 7 heteroatoms. The molecule has 1 atom stereocenters. The topological polar surface area (TPSA) is 113 Å². The minimum atomic E-state index is 0.125. The summed E-state index contributed by atoms with van der Waals surface area (Å²) in [6, 6.07) is 0.125. The molecule has 1 heterocycles. The number of nitrogens with two attached hydrogens (primary N) is 2. The number of nitrogens with one attached hydrogen (secondary N) is 3. The molecule has 7 nitrogen and oxygen atoms in total. The first-order valence-corrected chi connectivity index (χ1v) is 8.68. The van der Waals surface area contributed by atoms with E-state index in [0.29, 0.717) is 13.1 Å². The number of hydrogen-bond donors (Lipinski definition) is 5. The summed E-state index contributed by atoms with van der Waals surface area (Å²) in [6.45, 7) is 10.3. The van der Waals surface area contributed by atoms with Crippen molar-refractivity contribution in [3.63, 3.8) is 0 Å². The molecule has 0 amide bonds. The molecule has 1 rings (SSSR count). The second-order valence-corrected chi connectivity index (χ2v) is 5.65. The van der Waals surface area contributed by atoms with E-state index >= 15 is 0 Å². The monoisotopic (exact) mass is 335 g/mol. The molecule has 24 heavy (non-hydrogen) atoms. The van der Waals surface area contributed by atoms with Crippen molar-refractivity contribution in [3.8, 4) is 0 Å². The molecule has 0 spiro atoms. The summed E-state index contributed by atoms with van der Waals surface area (Å²) >= 11 is 0. The van der Waals surface area contributed by atoms with Crippen molar-refractivity contribution in [3.05, 3.63) is 23.9 Å². The molecule has 1 aliphatic rings. The Bertz CT molecular complexity index is 466. The first-order chi connectivity index (χ1) is 11.7. The third kappa shape index (κ3) is 8.35. The maximum atomic E-state index is 5.45. The molecule has 1 aliphatic heterocycles. The van der Waals surface area contributed by atoms with Crippen molar-refractivity contribution in [2.45, 2.75) is 19.9 Å². The van der Waals surface area contributed by atoms with E-state index in [1.807, 2.05) is 6.92 Å². The van der Waals surface area contributed by atoms with Crippen LogP contribution in [0.1, 0.15) is 13.8 Å². The maximum Gasteiger partial charge on any atom is 0.0826 e. The smallest absolute Gasteiger partial charge is 0.0826 e. The molecule has 0 aliphatic carbocycles. The molecule has 1 unspecified atom stereocenters. The first kappa shape index (κ1) is 20.5. The van der Waals surface area contributed by atoms with Gasteiger partial charge in [-0.1, -0.05) is 12.2 Å². The quantitative estimate of drug-likeness (QED) is 0.242. The number of nitrogens with zero attached hydrogens (tertiary/aromatic N) is 2. The molecule has 0 fully saturated rings. The number of rotatable bonds is 12. The molecule has 0 bridgehead atoms. The van der Waals surface area contributed by atoms with Crippen LogP contribution >= 0.6 is 0 Å². The van der Waals surface area contributed by atoms with E-state index < -0.39 is 0 Å². The van der Waals surface area contributed by atoms with Crippen molar-refractivity contribution in [1.29, 1.82) is 0 Å². The summed E-state index contributed by atoms with van der Waals surface area (Å²) in [7, 11) is 0. The predicted molar refractivity (Wildman–Crippen MR) is 104 cm³/mol. The molecule has 0 aromatic heterocycles. The lowest BCUT2D eigenvalue weighted by molar-refractivity contribution is 0.693. The van der Waals surface area contributed by atoms with Crippen molar-refractivity contribution < 1.29 is 0 Å². The van der Waals surface area contributed by atoms with Gasteiger partial charge in [0.25, 0.3) is 0 Å². The number of aliphatic imine (C=N–C) groups is 2. The highest BCUT2D eigenvalue weighted by Gasteiger charge is 2.14. The minimum Gasteiger partial charge on any atom is -0.372 e. The van der Waals surface area contributed by atoms with Gasteiger partial charge in [0.2, 0.25) is 0 Å². The van der Waals surface area contributed by atoms with Crippen molar-refractivity contribution in [2.75, 3.05) is 52.4 Å². The Morgan fingerprint density at radius 2 is 1.67 bits per heavy atom. The van der Waals surface area contributed by atoms with Gasteiger partial charge in [0.05, 0.1) is 30.5 Å².